The summed E-state index contributed by atoms with van der Waals surface area (Å²) in [6.07, 6.45) is 3.22. The summed E-state index contributed by atoms with van der Waals surface area (Å²) in [5, 5.41) is 0. The molecule has 98 valence electrons. The van der Waals surface area contributed by atoms with Crippen LogP contribution in [0.5, 0.6) is 0 Å². The lowest BCUT2D eigenvalue weighted by molar-refractivity contribution is 0.0757. The van der Waals surface area contributed by atoms with Gasteiger partial charge in [-0.05, 0) is 48.9 Å². The molecule has 1 saturated heterocycles. The van der Waals surface area contributed by atoms with E-state index in [1.165, 1.54) is 12.1 Å². The maximum Gasteiger partial charge on any atom is 0.253 e. The molecule has 1 fully saturated rings. The Kier molecular flexibility index (Phi) is 3.69. The molecule has 1 aliphatic heterocycles. The van der Waals surface area contributed by atoms with E-state index < -0.39 is 0 Å². The Morgan fingerprint density at radius 3 is 2.50 bits per heavy atom. The molecule has 1 aliphatic rings. The highest BCUT2D eigenvalue weighted by atomic mass is 19.1. The van der Waals surface area contributed by atoms with Crippen LogP contribution in [0.1, 0.15) is 43.5 Å². The van der Waals surface area contributed by atoms with Crippen molar-refractivity contribution in [3.8, 4) is 0 Å². The lowest BCUT2D eigenvalue weighted by Crippen LogP contribution is -2.32. The van der Waals surface area contributed by atoms with Crippen LogP contribution in [0, 0.1) is 11.2 Å². The van der Waals surface area contributed by atoms with E-state index in [2.05, 4.69) is 13.8 Å². The summed E-state index contributed by atoms with van der Waals surface area (Å²) in [5.41, 5.74) is 0.897. The van der Waals surface area contributed by atoms with Crippen LogP contribution in [-0.4, -0.2) is 23.9 Å². The molecule has 1 aromatic carbocycles. The summed E-state index contributed by atoms with van der Waals surface area (Å²) in [6.45, 7) is 6.10. The number of nitrogens with zero attached hydrogens (tertiary/aromatic N) is 1. The molecule has 0 atom stereocenters. The molecule has 0 bridgehead atoms. The highest BCUT2D eigenvalue weighted by Gasteiger charge is 2.25. The molecule has 0 spiro atoms. The molecule has 1 amide bonds. The smallest absolute Gasteiger partial charge is 0.253 e. The van der Waals surface area contributed by atoms with Gasteiger partial charge in [-0.15, -0.1) is 0 Å². The maximum absolute atomic E-state index is 12.8. The van der Waals surface area contributed by atoms with Crippen LogP contribution in [0.15, 0.2) is 24.3 Å². The Morgan fingerprint density at radius 1 is 1.17 bits per heavy atom. The quantitative estimate of drug-likeness (QED) is 0.746. The lowest BCUT2D eigenvalue weighted by atomic mass is 9.85. The standard InChI is InChI=1S/C15H20FNO/c1-15(2)8-3-10-17(11-9-15)14(18)12-4-6-13(16)7-5-12/h4-7H,3,8-11H2,1-2H3. The third kappa shape index (κ3) is 3.09. The number of hydrogen-bond acceptors (Lipinski definition) is 1. The lowest BCUT2D eigenvalue weighted by Gasteiger charge is -2.23. The third-order valence-corrected chi connectivity index (χ3v) is 3.72. The first-order valence-corrected chi connectivity index (χ1v) is 6.53. The number of halogens is 1. The van der Waals surface area contributed by atoms with Gasteiger partial charge in [0.25, 0.3) is 5.91 Å². The van der Waals surface area contributed by atoms with Crippen molar-refractivity contribution in [3.63, 3.8) is 0 Å². The van der Waals surface area contributed by atoms with Crippen molar-refractivity contribution >= 4 is 5.91 Å². The fourth-order valence-electron chi connectivity index (χ4n) is 2.40. The van der Waals surface area contributed by atoms with Crippen molar-refractivity contribution in [1.29, 1.82) is 0 Å². The number of hydrogen-bond donors (Lipinski definition) is 0. The summed E-state index contributed by atoms with van der Waals surface area (Å²) in [5.74, 6) is -0.281. The fraction of sp³-hybridized carbons (Fsp3) is 0.533. The molecule has 18 heavy (non-hydrogen) atoms. The van der Waals surface area contributed by atoms with E-state index in [1.807, 2.05) is 4.90 Å². The topological polar surface area (TPSA) is 20.3 Å². The second kappa shape index (κ2) is 5.09. The van der Waals surface area contributed by atoms with E-state index in [9.17, 15) is 9.18 Å². The first-order valence-electron chi connectivity index (χ1n) is 6.53. The van der Waals surface area contributed by atoms with Gasteiger partial charge >= 0.3 is 0 Å². The Labute approximate surface area is 108 Å². The van der Waals surface area contributed by atoms with E-state index >= 15 is 0 Å². The molecule has 1 aromatic rings. The van der Waals surface area contributed by atoms with Gasteiger partial charge in [-0.3, -0.25) is 4.79 Å². The normalized spacial score (nSPS) is 19.4. The minimum Gasteiger partial charge on any atom is -0.339 e. The van der Waals surface area contributed by atoms with Crippen molar-refractivity contribution in [2.75, 3.05) is 13.1 Å². The Morgan fingerprint density at radius 2 is 1.83 bits per heavy atom. The zero-order valence-corrected chi connectivity index (χ0v) is 11.1. The van der Waals surface area contributed by atoms with Crippen LogP contribution < -0.4 is 0 Å². The Bertz CT molecular complexity index is 425. The van der Waals surface area contributed by atoms with Gasteiger partial charge in [0.1, 0.15) is 5.82 Å². The maximum atomic E-state index is 12.8. The predicted molar refractivity (Wildman–Crippen MR) is 69.9 cm³/mol. The molecule has 2 nitrogen and oxygen atoms in total. The molecule has 0 radical (unpaired) electrons. The number of carbonyl (C=O) groups is 1. The van der Waals surface area contributed by atoms with Crippen LogP contribution in [0.25, 0.3) is 0 Å². The molecule has 3 heteroatoms. The molecular weight excluding hydrogens is 229 g/mol. The molecule has 0 aliphatic carbocycles. The van der Waals surface area contributed by atoms with Gasteiger partial charge in [0.15, 0.2) is 0 Å². The molecule has 0 aromatic heterocycles. The van der Waals surface area contributed by atoms with Gasteiger partial charge in [-0.25, -0.2) is 4.39 Å². The van der Waals surface area contributed by atoms with E-state index in [0.29, 0.717) is 11.0 Å². The van der Waals surface area contributed by atoms with E-state index in [0.717, 1.165) is 32.4 Å². The molecule has 0 saturated carbocycles. The van der Waals surface area contributed by atoms with Crippen molar-refractivity contribution in [1.82, 2.24) is 4.90 Å². The van der Waals surface area contributed by atoms with Gasteiger partial charge in [0.05, 0.1) is 0 Å². The average molecular weight is 249 g/mol. The largest absolute Gasteiger partial charge is 0.339 e. The van der Waals surface area contributed by atoms with Gasteiger partial charge < -0.3 is 4.90 Å². The fourth-order valence-corrected chi connectivity index (χ4v) is 2.40. The van der Waals surface area contributed by atoms with Crippen molar-refractivity contribution in [3.05, 3.63) is 35.6 Å². The third-order valence-electron chi connectivity index (χ3n) is 3.72. The number of carbonyl (C=O) groups excluding carboxylic acids is 1. The van der Waals surface area contributed by atoms with Crippen LogP contribution in [0.3, 0.4) is 0 Å². The van der Waals surface area contributed by atoms with Crippen LogP contribution in [0.2, 0.25) is 0 Å². The number of likely N-dealkylation sites (tertiary alicyclic amines) is 1. The first kappa shape index (κ1) is 13.1. The highest BCUT2D eigenvalue weighted by Crippen LogP contribution is 2.30. The number of benzene rings is 1. The van der Waals surface area contributed by atoms with Crippen LogP contribution in [0.4, 0.5) is 4.39 Å². The van der Waals surface area contributed by atoms with Gasteiger partial charge in [0.2, 0.25) is 0 Å². The van der Waals surface area contributed by atoms with Crippen molar-refractivity contribution in [2.24, 2.45) is 5.41 Å². The van der Waals surface area contributed by atoms with E-state index in [4.69, 9.17) is 0 Å². The SMILES string of the molecule is CC1(C)CCCN(C(=O)c2ccc(F)cc2)CC1. The first-order chi connectivity index (χ1) is 8.48. The second-order valence-electron chi connectivity index (χ2n) is 5.82. The number of amides is 1. The highest BCUT2D eigenvalue weighted by molar-refractivity contribution is 5.94. The van der Waals surface area contributed by atoms with E-state index in [1.54, 1.807) is 12.1 Å². The Hall–Kier alpha value is -1.38. The van der Waals surface area contributed by atoms with Crippen LogP contribution >= 0.6 is 0 Å². The second-order valence-corrected chi connectivity index (χ2v) is 5.82. The van der Waals surface area contributed by atoms with Gasteiger partial charge in [-0.2, -0.15) is 0 Å². The summed E-state index contributed by atoms with van der Waals surface area (Å²) in [7, 11) is 0. The number of rotatable bonds is 1. The van der Waals surface area contributed by atoms with Crippen LogP contribution in [-0.2, 0) is 0 Å². The van der Waals surface area contributed by atoms with Crippen molar-refractivity contribution < 1.29 is 9.18 Å². The molecule has 0 N–H and O–H groups in total. The Balaban J connectivity index is 2.07. The molecule has 1 heterocycles. The van der Waals surface area contributed by atoms with Crippen molar-refractivity contribution in [2.45, 2.75) is 33.1 Å². The minimum atomic E-state index is -0.302. The predicted octanol–water partition coefficient (Wildman–Crippen LogP) is 3.48. The minimum absolute atomic E-state index is 0.0210. The molecule has 2 rings (SSSR count). The molecular formula is C15H20FNO. The monoisotopic (exact) mass is 249 g/mol. The van der Waals surface area contributed by atoms with Gasteiger partial charge in [-0.1, -0.05) is 13.8 Å². The van der Waals surface area contributed by atoms with E-state index in [-0.39, 0.29) is 11.7 Å². The summed E-state index contributed by atoms with van der Waals surface area (Å²) in [4.78, 5) is 14.2. The molecule has 0 unspecified atom stereocenters. The summed E-state index contributed by atoms with van der Waals surface area (Å²) in [6, 6.07) is 5.81. The summed E-state index contributed by atoms with van der Waals surface area (Å²) < 4.78 is 12.8. The zero-order chi connectivity index (χ0) is 13.2. The zero-order valence-electron chi connectivity index (χ0n) is 11.1. The summed E-state index contributed by atoms with van der Waals surface area (Å²) >= 11 is 0. The van der Waals surface area contributed by atoms with Gasteiger partial charge in [0, 0.05) is 18.7 Å². The average Bonchev–Trinajstić information content (AvgIpc) is 2.50.